The molecule has 1 aliphatic heterocycles. The zero-order chi connectivity index (χ0) is 24.1. The molecule has 2 aromatic carbocycles. The third kappa shape index (κ3) is 4.15. The highest BCUT2D eigenvalue weighted by Crippen LogP contribution is 2.50. The molecule has 9 heteroatoms. The molecule has 0 fully saturated rings. The summed E-state index contributed by atoms with van der Waals surface area (Å²) in [5, 5.41) is 15.9. The first-order chi connectivity index (χ1) is 15.4. The van der Waals surface area contributed by atoms with E-state index in [1.54, 1.807) is 41.3 Å². The molecule has 170 valence electrons. The molecule has 0 saturated heterocycles. The van der Waals surface area contributed by atoms with Crippen molar-refractivity contribution < 1.29 is 13.2 Å². The van der Waals surface area contributed by atoms with E-state index in [-0.39, 0.29) is 27.5 Å². The molecule has 4 N–H and O–H groups in total. The van der Waals surface area contributed by atoms with Crippen LogP contribution in [0.2, 0.25) is 5.02 Å². The van der Waals surface area contributed by atoms with Gasteiger partial charge in [-0.2, -0.15) is 5.26 Å². The van der Waals surface area contributed by atoms with Gasteiger partial charge in [0.25, 0.3) is 0 Å². The highest BCUT2D eigenvalue weighted by molar-refractivity contribution is 7.89. The molecule has 0 amide bonds. The van der Waals surface area contributed by atoms with Crippen LogP contribution in [0, 0.1) is 16.7 Å². The van der Waals surface area contributed by atoms with Gasteiger partial charge in [-0.25, -0.2) is 13.6 Å². The first-order valence-electron chi connectivity index (χ1n) is 10.3. The van der Waals surface area contributed by atoms with E-state index in [4.69, 9.17) is 22.5 Å². The SMILES string of the molecule is CC1(C)CC(=O)C2=C(C1)N(c1ccc(Cl)cc1)C(N)=C(C#N)[C@@H]2c1ccc(S(N)(=O)=O)cc1. The van der Waals surface area contributed by atoms with Crippen molar-refractivity contribution in [3.63, 3.8) is 0 Å². The van der Waals surface area contributed by atoms with Gasteiger partial charge in [0.2, 0.25) is 10.0 Å². The highest BCUT2D eigenvalue weighted by atomic mass is 35.5. The van der Waals surface area contributed by atoms with Crippen LogP contribution in [0.4, 0.5) is 5.69 Å². The van der Waals surface area contributed by atoms with Gasteiger partial charge in [0, 0.05) is 28.4 Å². The van der Waals surface area contributed by atoms with Crippen LogP contribution >= 0.6 is 11.6 Å². The maximum Gasteiger partial charge on any atom is 0.238 e. The Morgan fingerprint density at radius 1 is 1.09 bits per heavy atom. The topological polar surface area (TPSA) is 130 Å². The summed E-state index contributed by atoms with van der Waals surface area (Å²) in [5.41, 5.74) is 9.01. The van der Waals surface area contributed by atoms with Gasteiger partial charge >= 0.3 is 0 Å². The Labute approximate surface area is 198 Å². The van der Waals surface area contributed by atoms with Crippen molar-refractivity contribution in [2.45, 2.75) is 37.5 Å². The summed E-state index contributed by atoms with van der Waals surface area (Å²) >= 11 is 6.06. The molecule has 1 heterocycles. The van der Waals surface area contributed by atoms with E-state index in [1.165, 1.54) is 12.1 Å². The van der Waals surface area contributed by atoms with E-state index in [0.717, 1.165) is 5.70 Å². The van der Waals surface area contributed by atoms with Crippen LogP contribution in [0.25, 0.3) is 0 Å². The first kappa shape index (κ1) is 23.1. The van der Waals surface area contributed by atoms with Crippen LogP contribution in [-0.4, -0.2) is 14.2 Å². The predicted molar refractivity (Wildman–Crippen MR) is 126 cm³/mol. The number of carbonyl (C=O) groups is 1. The van der Waals surface area contributed by atoms with Crippen LogP contribution in [0.3, 0.4) is 0 Å². The molecular weight excluding hydrogens is 460 g/mol. The van der Waals surface area contributed by atoms with Crippen molar-refractivity contribution in [2.75, 3.05) is 4.90 Å². The van der Waals surface area contributed by atoms with Gasteiger partial charge < -0.3 is 5.73 Å². The van der Waals surface area contributed by atoms with Gasteiger partial charge in [-0.05, 0) is 53.8 Å². The monoisotopic (exact) mass is 482 g/mol. The fourth-order valence-corrected chi connectivity index (χ4v) is 5.22. The smallest absolute Gasteiger partial charge is 0.238 e. The number of benzene rings is 2. The number of halogens is 1. The van der Waals surface area contributed by atoms with E-state index in [9.17, 15) is 18.5 Å². The maximum absolute atomic E-state index is 13.5. The number of primary sulfonamides is 1. The van der Waals surface area contributed by atoms with Crippen LogP contribution in [0.5, 0.6) is 0 Å². The van der Waals surface area contributed by atoms with Gasteiger partial charge in [0.15, 0.2) is 5.78 Å². The first-order valence-corrected chi connectivity index (χ1v) is 12.2. The molecule has 1 atom stereocenters. The second kappa shape index (κ2) is 8.03. The van der Waals surface area contributed by atoms with E-state index >= 15 is 0 Å². The quantitative estimate of drug-likeness (QED) is 0.681. The summed E-state index contributed by atoms with van der Waals surface area (Å²) in [6.45, 7) is 4.04. The number of anilines is 1. The van der Waals surface area contributed by atoms with Gasteiger partial charge in [-0.1, -0.05) is 37.6 Å². The molecule has 0 unspecified atom stereocenters. The largest absolute Gasteiger partial charge is 0.384 e. The summed E-state index contributed by atoms with van der Waals surface area (Å²) in [5.74, 6) is -0.544. The number of Topliss-reactive ketones (excluding diaryl/α,β-unsaturated/α-hetero) is 1. The van der Waals surface area contributed by atoms with E-state index in [2.05, 4.69) is 6.07 Å². The van der Waals surface area contributed by atoms with Crippen LogP contribution in [-0.2, 0) is 14.8 Å². The molecule has 0 radical (unpaired) electrons. The lowest BCUT2D eigenvalue weighted by Crippen LogP contribution is -2.42. The second-order valence-corrected chi connectivity index (χ2v) is 11.1. The van der Waals surface area contributed by atoms with E-state index in [1.807, 2.05) is 13.8 Å². The average Bonchev–Trinajstić information content (AvgIpc) is 2.72. The number of nitriles is 1. The van der Waals surface area contributed by atoms with Gasteiger partial charge in [0.05, 0.1) is 22.5 Å². The third-order valence-corrected chi connectivity index (χ3v) is 7.19. The Bertz CT molecular complexity index is 1350. The summed E-state index contributed by atoms with van der Waals surface area (Å²) in [7, 11) is -3.88. The number of nitrogens with zero attached hydrogens (tertiary/aromatic N) is 2. The number of sulfonamides is 1. The minimum atomic E-state index is -3.88. The molecule has 0 saturated carbocycles. The number of nitrogens with two attached hydrogens (primary N) is 2. The Hall–Kier alpha value is -3.12. The summed E-state index contributed by atoms with van der Waals surface area (Å²) < 4.78 is 23.4. The normalized spacial score (nSPS) is 20.5. The van der Waals surface area contributed by atoms with Gasteiger partial charge in [-0.15, -0.1) is 0 Å². The van der Waals surface area contributed by atoms with Crippen molar-refractivity contribution in [3.05, 3.63) is 81.8 Å². The van der Waals surface area contributed by atoms with Crippen LogP contribution < -0.4 is 15.8 Å². The number of allylic oxidation sites excluding steroid dienone is 3. The lowest BCUT2D eigenvalue weighted by Gasteiger charge is -2.43. The highest BCUT2D eigenvalue weighted by Gasteiger charge is 2.44. The van der Waals surface area contributed by atoms with Crippen molar-refractivity contribution in [2.24, 2.45) is 16.3 Å². The molecule has 4 rings (SSSR count). The van der Waals surface area contributed by atoms with E-state index < -0.39 is 15.9 Å². The number of hydrogen-bond acceptors (Lipinski definition) is 6. The predicted octanol–water partition coefficient (Wildman–Crippen LogP) is 3.93. The fourth-order valence-electron chi connectivity index (χ4n) is 4.58. The second-order valence-electron chi connectivity index (χ2n) is 9.07. The Morgan fingerprint density at radius 3 is 2.24 bits per heavy atom. The summed E-state index contributed by atoms with van der Waals surface area (Å²) in [6, 6.07) is 15.1. The molecule has 7 nitrogen and oxygen atoms in total. The molecule has 2 aliphatic rings. The molecular formula is C24H23ClN4O3S. The van der Waals surface area contributed by atoms with Crippen LogP contribution in [0.1, 0.15) is 38.2 Å². The van der Waals surface area contributed by atoms with E-state index in [0.29, 0.717) is 34.7 Å². The molecule has 0 aromatic heterocycles. The Morgan fingerprint density at radius 2 is 1.70 bits per heavy atom. The minimum absolute atomic E-state index is 0.0504. The van der Waals surface area contributed by atoms with Gasteiger partial charge in [0.1, 0.15) is 5.82 Å². The molecule has 0 bridgehead atoms. The third-order valence-electron chi connectivity index (χ3n) is 6.01. The molecule has 33 heavy (non-hydrogen) atoms. The average molecular weight is 483 g/mol. The van der Waals surface area contributed by atoms with Crippen molar-refractivity contribution in [3.8, 4) is 6.07 Å². The van der Waals surface area contributed by atoms with Gasteiger partial charge in [-0.3, -0.25) is 9.69 Å². The zero-order valence-corrected chi connectivity index (χ0v) is 19.7. The fraction of sp³-hybridized carbons (Fsp3) is 0.250. The van der Waals surface area contributed by atoms with Crippen molar-refractivity contribution >= 4 is 33.1 Å². The standard InChI is InChI=1S/C24H23ClN4O3S/c1-24(2)11-19-22(20(30)12-24)21(14-3-9-17(10-4-14)33(28,31)32)18(13-26)23(27)29(19)16-7-5-15(25)6-8-16/h3-10,21H,11-12,27H2,1-2H3,(H2,28,31,32)/t21-/m0/s1. The minimum Gasteiger partial charge on any atom is -0.384 e. The molecule has 1 aliphatic carbocycles. The summed E-state index contributed by atoms with van der Waals surface area (Å²) in [6.07, 6.45) is 0.895. The Balaban J connectivity index is 1.96. The Kier molecular flexibility index (Phi) is 5.61. The number of ketones is 1. The molecule has 0 spiro atoms. The number of carbonyl (C=O) groups excluding carboxylic acids is 1. The van der Waals surface area contributed by atoms with Crippen molar-refractivity contribution in [1.29, 1.82) is 5.26 Å². The number of rotatable bonds is 3. The zero-order valence-electron chi connectivity index (χ0n) is 18.2. The number of hydrogen-bond donors (Lipinski definition) is 2. The lowest BCUT2D eigenvalue weighted by atomic mass is 9.68. The van der Waals surface area contributed by atoms with Crippen molar-refractivity contribution in [1.82, 2.24) is 0 Å². The maximum atomic E-state index is 13.5. The summed E-state index contributed by atoms with van der Waals surface area (Å²) in [4.78, 5) is 15.2. The lowest BCUT2D eigenvalue weighted by molar-refractivity contribution is -0.118. The molecule has 2 aromatic rings. The van der Waals surface area contributed by atoms with Crippen LogP contribution in [0.15, 0.2) is 76.1 Å².